The van der Waals surface area contributed by atoms with Crippen LogP contribution < -0.4 is 5.32 Å². The Kier molecular flexibility index (Phi) is 3.71. The lowest BCUT2D eigenvalue weighted by atomic mass is 9.96. The summed E-state index contributed by atoms with van der Waals surface area (Å²) < 4.78 is 3.10. The SMILES string of the molecule is Cn1nc(C2CCCNC2)cc1-c1cccc(Br)c1. The largest absolute Gasteiger partial charge is 0.316 e. The number of benzene rings is 1. The Bertz CT molecular complexity index is 571. The maximum absolute atomic E-state index is 4.70. The number of aromatic nitrogens is 2. The van der Waals surface area contributed by atoms with E-state index in [-0.39, 0.29) is 0 Å². The molecule has 0 aliphatic carbocycles. The van der Waals surface area contributed by atoms with Crippen LogP contribution in [0.25, 0.3) is 11.3 Å². The molecule has 0 radical (unpaired) electrons. The van der Waals surface area contributed by atoms with E-state index in [0.717, 1.165) is 17.6 Å². The molecule has 0 saturated carbocycles. The van der Waals surface area contributed by atoms with Gasteiger partial charge in [-0.25, -0.2) is 0 Å². The van der Waals surface area contributed by atoms with Gasteiger partial charge < -0.3 is 5.32 Å². The van der Waals surface area contributed by atoms with E-state index >= 15 is 0 Å². The summed E-state index contributed by atoms with van der Waals surface area (Å²) in [7, 11) is 2.02. The van der Waals surface area contributed by atoms with Crippen LogP contribution in [0.4, 0.5) is 0 Å². The summed E-state index contributed by atoms with van der Waals surface area (Å²) in [6.07, 6.45) is 2.48. The van der Waals surface area contributed by atoms with Crippen LogP contribution in [0.5, 0.6) is 0 Å². The Morgan fingerprint density at radius 3 is 3.00 bits per heavy atom. The van der Waals surface area contributed by atoms with E-state index in [9.17, 15) is 0 Å². The summed E-state index contributed by atoms with van der Waals surface area (Å²) in [5.41, 5.74) is 3.60. The molecule has 0 spiro atoms. The summed E-state index contributed by atoms with van der Waals surface area (Å²) in [4.78, 5) is 0. The first-order chi connectivity index (χ1) is 9.24. The molecule has 1 aromatic heterocycles. The third-order valence-electron chi connectivity index (χ3n) is 3.73. The summed E-state index contributed by atoms with van der Waals surface area (Å²) in [6, 6.07) is 10.6. The molecule has 1 aliphatic rings. The van der Waals surface area contributed by atoms with Crippen LogP contribution in [0.15, 0.2) is 34.8 Å². The second kappa shape index (κ2) is 5.47. The van der Waals surface area contributed by atoms with Gasteiger partial charge in [-0.2, -0.15) is 5.10 Å². The van der Waals surface area contributed by atoms with Gasteiger partial charge in [0, 0.05) is 29.5 Å². The van der Waals surface area contributed by atoms with E-state index in [0.29, 0.717) is 5.92 Å². The number of hydrogen-bond acceptors (Lipinski definition) is 2. The second-order valence-electron chi connectivity index (χ2n) is 5.13. The van der Waals surface area contributed by atoms with Crippen molar-refractivity contribution in [1.82, 2.24) is 15.1 Å². The Balaban J connectivity index is 1.92. The topological polar surface area (TPSA) is 29.9 Å². The van der Waals surface area contributed by atoms with E-state index < -0.39 is 0 Å². The van der Waals surface area contributed by atoms with Crippen LogP contribution >= 0.6 is 15.9 Å². The van der Waals surface area contributed by atoms with Crippen molar-refractivity contribution < 1.29 is 0 Å². The lowest BCUT2D eigenvalue weighted by molar-refractivity contribution is 0.451. The van der Waals surface area contributed by atoms with Gasteiger partial charge in [-0.3, -0.25) is 4.68 Å². The van der Waals surface area contributed by atoms with Crippen molar-refractivity contribution in [3.05, 3.63) is 40.5 Å². The van der Waals surface area contributed by atoms with Crippen LogP contribution in [0.2, 0.25) is 0 Å². The van der Waals surface area contributed by atoms with Gasteiger partial charge >= 0.3 is 0 Å². The van der Waals surface area contributed by atoms with E-state index in [4.69, 9.17) is 5.10 Å². The van der Waals surface area contributed by atoms with Crippen molar-refractivity contribution in [1.29, 1.82) is 0 Å². The van der Waals surface area contributed by atoms with Crippen LogP contribution in [-0.2, 0) is 7.05 Å². The van der Waals surface area contributed by atoms with Gasteiger partial charge in [0.05, 0.1) is 11.4 Å². The highest BCUT2D eigenvalue weighted by Crippen LogP contribution is 2.28. The standard InChI is InChI=1S/C15H18BrN3/c1-19-15(11-4-2-6-13(16)8-11)9-14(18-19)12-5-3-7-17-10-12/h2,4,6,8-9,12,17H,3,5,7,10H2,1H3. The van der Waals surface area contributed by atoms with Gasteiger partial charge in [-0.15, -0.1) is 0 Å². The van der Waals surface area contributed by atoms with Crippen molar-refractivity contribution in [2.24, 2.45) is 7.05 Å². The quantitative estimate of drug-likeness (QED) is 0.920. The molecular formula is C15H18BrN3. The molecule has 1 unspecified atom stereocenters. The van der Waals surface area contributed by atoms with Gasteiger partial charge in [0.1, 0.15) is 0 Å². The van der Waals surface area contributed by atoms with Crippen molar-refractivity contribution in [3.8, 4) is 11.3 Å². The zero-order chi connectivity index (χ0) is 13.2. The monoisotopic (exact) mass is 319 g/mol. The van der Waals surface area contributed by atoms with Gasteiger partial charge in [-0.05, 0) is 37.6 Å². The fraction of sp³-hybridized carbons (Fsp3) is 0.400. The molecule has 1 fully saturated rings. The predicted molar refractivity (Wildman–Crippen MR) is 81.2 cm³/mol. The van der Waals surface area contributed by atoms with Crippen LogP contribution in [0, 0.1) is 0 Å². The number of hydrogen-bond donors (Lipinski definition) is 1. The zero-order valence-corrected chi connectivity index (χ0v) is 12.7. The molecule has 3 rings (SSSR count). The molecule has 2 heterocycles. The summed E-state index contributed by atoms with van der Waals surface area (Å²) in [6.45, 7) is 2.19. The first kappa shape index (κ1) is 12.9. The Morgan fingerprint density at radius 2 is 2.26 bits per heavy atom. The van der Waals surface area contributed by atoms with E-state index in [1.807, 2.05) is 17.8 Å². The van der Waals surface area contributed by atoms with E-state index in [2.05, 4.69) is 45.5 Å². The van der Waals surface area contributed by atoms with E-state index in [1.54, 1.807) is 0 Å². The van der Waals surface area contributed by atoms with Gasteiger partial charge in [0.15, 0.2) is 0 Å². The fourth-order valence-electron chi connectivity index (χ4n) is 2.71. The average Bonchev–Trinajstić information content (AvgIpc) is 2.82. The Labute approximate surface area is 122 Å². The average molecular weight is 320 g/mol. The number of aryl methyl sites for hydroxylation is 1. The molecule has 1 atom stereocenters. The normalized spacial score (nSPS) is 19.6. The minimum atomic E-state index is 0.556. The molecule has 1 N–H and O–H groups in total. The highest BCUT2D eigenvalue weighted by molar-refractivity contribution is 9.10. The summed E-state index contributed by atoms with van der Waals surface area (Å²) in [5.74, 6) is 0.556. The number of nitrogens with one attached hydrogen (secondary N) is 1. The van der Waals surface area contributed by atoms with Gasteiger partial charge in [-0.1, -0.05) is 28.1 Å². The Morgan fingerprint density at radius 1 is 1.37 bits per heavy atom. The molecule has 1 saturated heterocycles. The number of halogens is 1. The second-order valence-corrected chi connectivity index (χ2v) is 6.05. The minimum Gasteiger partial charge on any atom is -0.316 e. The molecule has 2 aromatic rings. The van der Waals surface area contributed by atoms with Crippen molar-refractivity contribution in [3.63, 3.8) is 0 Å². The number of rotatable bonds is 2. The lowest BCUT2D eigenvalue weighted by Crippen LogP contribution is -2.28. The van der Waals surface area contributed by atoms with Crippen molar-refractivity contribution in [2.75, 3.05) is 13.1 Å². The first-order valence-electron chi connectivity index (χ1n) is 6.74. The zero-order valence-electron chi connectivity index (χ0n) is 11.1. The lowest BCUT2D eigenvalue weighted by Gasteiger charge is -2.20. The molecule has 3 nitrogen and oxygen atoms in total. The molecule has 19 heavy (non-hydrogen) atoms. The molecule has 0 bridgehead atoms. The van der Waals surface area contributed by atoms with Gasteiger partial charge in [0.2, 0.25) is 0 Å². The van der Waals surface area contributed by atoms with Crippen molar-refractivity contribution in [2.45, 2.75) is 18.8 Å². The third-order valence-corrected chi connectivity index (χ3v) is 4.23. The van der Waals surface area contributed by atoms with Crippen molar-refractivity contribution >= 4 is 15.9 Å². The smallest absolute Gasteiger partial charge is 0.0682 e. The molecular weight excluding hydrogens is 302 g/mol. The first-order valence-corrected chi connectivity index (χ1v) is 7.54. The fourth-order valence-corrected chi connectivity index (χ4v) is 3.11. The predicted octanol–water partition coefficient (Wildman–Crippen LogP) is 3.32. The van der Waals surface area contributed by atoms with Crippen LogP contribution in [-0.4, -0.2) is 22.9 Å². The summed E-state index contributed by atoms with van der Waals surface area (Å²) >= 11 is 3.53. The van der Waals surface area contributed by atoms with Gasteiger partial charge in [0.25, 0.3) is 0 Å². The maximum Gasteiger partial charge on any atom is 0.0682 e. The highest BCUT2D eigenvalue weighted by Gasteiger charge is 2.19. The molecule has 100 valence electrons. The molecule has 1 aliphatic heterocycles. The number of nitrogens with zero attached hydrogens (tertiary/aromatic N) is 2. The highest BCUT2D eigenvalue weighted by atomic mass is 79.9. The minimum absolute atomic E-state index is 0.556. The van der Waals surface area contributed by atoms with Crippen LogP contribution in [0.3, 0.4) is 0 Å². The molecule has 0 amide bonds. The Hall–Kier alpha value is -1.13. The molecule has 1 aromatic carbocycles. The molecule has 4 heteroatoms. The summed E-state index contributed by atoms with van der Waals surface area (Å²) in [5, 5.41) is 8.16. The third kappa shape index (κ3) is 2.74. The number of piperidine rings is 1. The maximum atomic E-state index is 4.70. The van der Waals surface area contributed by atoms with E-state index in [1.165, 1.54) is 29.8 Å². The van der Waals surface area contributed by atoms with Crippen LogP contribution in [0.1, 0.15) is 24.5 Å².